The molecule has 0 spiro atoms. The molecule has 0 atom stereocenters. The van der Waals surface area contributed by atoms with E-state index in [1.54, 1.807) is 20.8 Å². The van der Waals surface area contributed by atoms with Gasteiger partial charge in [-0.3, -0.25) is 19.7 Å². The lowest BCUT2D eigenvalue weighted by Gasteiger charge is -2.20. The number of esters is 1. The van der Waals surface area contributed by atoms with Gasteiger partial charge >= 0.3 is 12.0 Å². The van der Waals surface area contributed by atoms with Crippen molar-refractivity contribution in [2.75, 3.05) is 12.4 Å². The minimum Gasteiger partial charge on any atom is -0.455 e. The van der Waals surface area contributed by atoms with Crippen LogP contribution in [0.15, 0.2) is 41.3 Å². The Morgan fingerprint density at radius 3 is 2.52 bits per heavy atom. The van der Waals surface area contributed by atoms with E-state index in [4.69, 9.17) is 4.74 Å². The molecule has 0 aliphatic carbocycles. The van der Waals surface area contributed by atoms with E-state index >= 15 is 0 Å². The van der Waals surface area contributed by atoms with E-state index in [1.165, 1.54) is 18.0 Å². The first-order valence-corrected chi connectivity index (χ1v) is 10.7. The lowest BCUT2D eigenvalue weighted by atomic mass is 10.1. The zero-order chi connectivity index (χ0) is 22.9. The van der Waals surface area contributed by atoms with E-state index in [0.29, 0.717) is 23.6 Å². The van der Waals surface area contributed by atoms with E-state index in [9.17, 15) is 19.2 Å². The number of aromatic nitrogens is 2. The Labute approximate surface area is 184 Å². The Hall–Kier alpha value is -3.14. The fraction of sp³-hybridized carbons (Fsp3) is 0.381. The molecule has 1 heterocycles. The highest BCUT2D eigenvalue weighted by atomic mass is 32.2. The number of hydrogen-bond acceptors (Lipinski definition) is 7. The molecule has 2 aromatic rings. The number of amides is 3. The van der Waals surface area contributed by atoms with Gasteiger partial charge in [0.15, 0.2) is 6.61 Å². The Morgan fingerprint density at radius 1 is 1.16 bits per heavy atom. The molecule has 1 aromatic heterocycles. The molecule has 0 saturated carbocycles. The molecular formula is C21H26N4O5S. The Kier molecular flexibility index (Phi) is 8.80. The van der Waals surface area contributed by atoms with Gasteiger partial charge in [-0.15, -0.1) is 11.8 Å². The van der Waals surface area contributed by atoms with Crippen LogP contribution in [0, 0.1) is 0 Å². The third-order valence-corrected chi connectivity index (χ3v) is 4.64. The minimum absolute atomic E-state index is 0.0308. The SMILES string of the molecule is CC(C)(C)NC(=O)NC(=O)COC(=O)CSCc1ncc(Cc2ccccc2)c(=O)[nH]1. The molecule has 0 radical (unpaired) electrons. The van der Waals surface area contributed by atoms with Crippen LogP contribution in [0.1, 0.15) is 37.7 Å². The van der Waals surface area contributed by atoms with Gasteiger partial charge in [0.2, 0.25) is 0 Å². The number of carbonyl (C=O) groups is 3. The Morgan fingerprint density at radius 2 is 1.87 bits per heavy atom. The summed E-state index contributed by atoms with van der Waals surface area (Å²) in [5.41, 5.74) is 0.856. The molecule has 1 aromatic carbocycles. The quantitative estimate of drug-likeness (QED) is 0.527. The molecule has 10 heteroatoms. The first-order valence-electron chi connectivity index (χ1n) is 9.59. The van der Waals surface area contributed by atoms with E-state index in [2.05, 4.69) is 20.6 Å². The first kappa shape index (κ1) is 24.1. The summed E-state index contributed by atoms with van der Waals surface area (Å²) in [7, 11) is 0. The van der Waals surface area contributed by atoms with Gasteiger partial charge in [0.1, 0.15) is 5.82 Å². The number of imide groups is 1. The summed E-state index contributed by atoms with van der Waals surface area (Å²) in [5, 5.41) is 4.64. The van der Waals surface area contributed by atoms with Gasteiger partial charge in [0.25, 0.3) is 11.5 Å². The van der Waals surface area contributed by atoms with Crippen molar-refractivity contribution in [2.45, 2.75) is 38.5 Å². The molecule has 0 bridgehead atoms. The molecule has 0 aliphatic rings. The fourth-order valence-corrected chi connectivity index (χ4v) is 3.12. The van der Waals surface area contributed by atoms with Crippen molar-refractivity contribution in [3.05, 3.63) is 63.8 Å². The lowest BCUT2D eigenvalue weighted by Crippen LogP contribution is -2.49. The van der Waals surface area contributed by atoms with Crippen molar-refractivity contribution in [2.24, 2.45) is 0 Å². The maximum atomic E-state index is 12.2. The molecular weight excluding hydrogens is 420 g/mol. The number of nitrogens with zero attached hydrogens (tertiary/aromatic N) is 1. The van der Waals surface area contributed by atoms with Crippen LogP contribution in [0.5, 0.6) is 0 Å². The van der Waals surface area contributed by atoms with Gasteiger partial charge in [-0.05, 0) is 26.3 Å². The van der Waals surface area contributed by atoms with Crippen molar-refractivity contribution in [3.8, 4) is 0 Å². The predicted molar refractivity (Wildman–Crippen MR) is 118 cm³/mol. The van der Waals surface area contributed by atoms with Crippen LogP contribution in [-0.4, -0.2) is 45.8 Å². The summed E-state index contributed by atoms with van der Waals surface area (Å²) in [5.74, 6) is -0.622. The van der Waals surface area contributed by atoms with Crippen molar-refractivity contribution in [1.29, 1.82) is 0 Å². The van der Waals surface area contributed by atoms with Crippen molar-refractivity contribution < 1.29 is 19.1 Å². The third-order valence-electron chi connectivity index (χ3n) is 3.73. The summed E-state index contributed by atoms with van der Waals surface area (Å²) in [6, 6.07) is 8.94. The topological polar surface area (TPSA) is 130 Å². The van der Waals surface area contributed by atoms with Gasteiger partial charge in [-0.2, -0.15) is 0 Å². The second-order valence-electron chi connectivity index (χ2n) is 7.75. The number of hydrogen-bond donors (Lipinski definition) is 3. The molecule has 9 nitrogen and oxygen atoms in total. The van der Waals surface area contributed by atoms with Crippen LogP contribution < -0.4 is 16.2 Å². The minimum atomic E-state index is -0.722. The lowest BCUT2D eigenvalue weighted by molar-refractivity contribution is -0.145. The normalized spacial score (nSPS) is 10.9. The molecule has 3 N–H and O–H groups in total. The number of aromatic amines is 1. The number of H-pyrrole nitrogens is 1. The number of carbonyl (C=O) groups excluding carboxylic acids is 3. The van der Waals surface area contributed by atoms with E-state index in [-0.39, 0.29) is 11.3 Å². The van der Waals surface area contributed by atoms with Gasteiger partial charge in [0.05, 0.1) is 11.5 Å². The standard InChI is InChI=1S/C21H26N4O5S/c1-21(2,3)25-20(29)24-17(26)11-30-18(27)13-31-12-16-22-10-15(19(28)23-16)9-14-7-5-4-6-8-14/h4-8,10H,9,11-13H2,1-3H3,(H,22,23,28)(H2,24,25,26,29). The second kappa shape index (κ2) is 11.3. The molecule has 0 aliphatic heterocycles. The van der Waals surface area contributed by atoms with E-state index in [0.717, 1.165) is 5.56 Å². The number of urea groups is 1. The van der Waals surface area contributed by atoms with Crippen LogP contribution in [-0.2, 0) is 26.5 Å². The number of nitrogens with one attached hydrogen (secondary N) is 3. The van der Waals surface area contributed by atoms with Crippen LogP contribution in [0.4, 0.5) is 4.79 Å². The molecule has 31 heavy (non-hydrogen) atoms. The highest BCUT2D eigenvalue weighted by Crippen LogP contribution is 2.09. The van der Waals surface area contributed by atoms with Crippen LogP contribution >= 0.6 is 11.8 Å². The monoisotopic (exact) mass is 446 g/mol. The Bertz CT molecular complexity index is 970. The first-order chi connectivity index (χ1) is 14.6. The smallest absolute Gasteiger partial charge is 0.321 e. The van der Waals surface area contributed by atoms with Crippen molar-refractivity contribution in [3.63, 3.8) is 0 Å². The zero-order valence-corrected chi connectivity index (χ0v) is 18.5. The summed E-state index contributed by atoms with van der Waals surface area (Å²) in [4.78, 5) is 54.1. The fourth-order valence-electron chi connectivity index (χ4n) is 2.43. The van der Waals surface area contributed by atoms with Crippen LogP contribution in [0.25, 0.3) is 0 Å². The maximum Gasteiger partial charge on any atom is 0.321 e. The number of thioether (sulfide) groups is 1. The zero-order valence-electron chi connectivity index (χ0n) is 17.7. The van der Waals surface area contributed by atoms with Crippen molar-refractivity contribution in [1.82, 2.24) is 20.6 Å². The molecule has 166 valence electrons. The second-order valence-corrected chi connectivity index (χ2v) is 8.74. The molecule has 0 saturated heterocycles. The third kappa shape index (κ3) is 9.47. The van der Waals surface area contributed by atoms with Crippen LogP contribution in [0.2, 0.25) is 0 Å². The van der Waals surface area contributed by atoms with E-state index < -0.39 is 30.1 Å². The number of benzene rings is 1. The predicted octanol–water partition coefficient (Wildman–Crippen LogP) is 1.76. The highest BCUT2D eigenvalue weighted by molar-refractivity contribution is 7.99. The largest absolute Gasteiger partial charge is 0.455 e. The summed E-state index contributed by atoms with van der Waals surface area (Å²) in [6.45, 7) is 4.76. The van der Waals surface area contributed by atoms with Gasteiger partial charge in [0, 0.05) is 23.7 Å². The van der Waals surface area contributed by atoms with Crippen molar-refractivity contribution >= 4 is 29.7 Å². The van der Waals surface area contributed by atoms with Gasteiger partial charge in [-0.1, -0.05) is 30.3 Å². The molecule has 2 rings (SSSR count). The average molecular weight is 447 g/mol. The molecule has 0 unspecified atom stereocenters. The maximum absolute atomic E-state index is 12.2. The van der Waals surface area contributed by atoms with Crippen LogP contribution in [0.3, 0.4) is 0 Å². The summed E-state index contributed by atoms with van der Waals surface area (Å²) in [6.07, 6.45) is 2.02. The highest BCUT2D eigenvalue weighted by Gasteiger charge is 2.16. The van der Waals surface area contributed by atoms with Gasteiger partial charge < -0.3 is 15.0 Å². The number of rotatable bonds is 8. The average Bonchev–Trinajstić information content (AvgIpc) is 2.68. The molecule has 0 fully saturated rings. The molecule has 3 amide bonds. The number of ether oxygens (including phenoxy) is 1. The Balaban J connectivity index is 1.71. The summed E-state index contributed by atoms with van der Waals surface area (Å²) < 4.78 is 4.84. The summed E-state index contributed by atoms with van der Waals surface area (Å²) >= 11 is 1.19. The van der Waals surface area contributed by atoms with E-state index in [1.807, 2.05) is 30.3 Å². The van der Waals surface area contributed by atoms with Gasteiger partial charge in [-0.25, -0.2) is 9.78 Å².